The van der Waals surface area contributed by atoms with Gasteiger partial charge in [0.15, 0.2) is 0 Å². The van der Waals surface area contributed by atoms with Gasteiger partial charge in [-0.15, -0.1) is 0 Å². The molecule has 74 valence electrons. The van der Waals surface area contributed by atoms with Gasteiger partial charge >= 0.3 is 0 Å². The van der Waals surface area contributed by atoms with Crippen molar-refractivity contribution in [2.75, 3.05) is 6.54 Å². The highest BCUT2D eigenvalue weighted by Gasteiger charge is 1.98. The van der Waals surface area contributed by atoms with Gasteiger partial charge in [0.1, 0.15) is 6.42 Å². The number of nitrogens with one attached hydrogen (secondary N) is 1. The fraction of sp³-hybridized carbons (Fsp3) is 0.800. The van der Waals surface area contributed by atoms with Crippen LogP contribution in [0.2, 0.25) is 0 Å². The van der Waals surface area contributed by atoms with Crippen LogP contribution in [0.25, 0.3) is 0 Å². The fourth-order valence-electron chi connectivity index (χ4n) is 1.04. The third-order valence-corrected chi connectivity index (χ3v) is 1.77. The van der Waals surface area contributed by atoms with E-state index in [1.54, 1.807) is 0 Å². The topological polar surface area (TPSA) is 52.9 Å². The first-order valence-electron chi connectivity index (χ1n) is 4.80. The van der Waals surface area contributed by atoms with Crippen LogP contribution in [0.5, 0.6) is 0 Å². The van der Waals surface area contributed by atoms with Crippen molar-refractivity contribution >= 4 is 5.91 Å². The first-order valence-corrected chi connectivity index (χ1v) is 4.80. The minimum atomic E-state index is -0.160. The molecule has 0 aliphatic carbocycles. The van der Waals surface area contributed by atoms with Crippen molar-refractivity contribution in [3.8, 4) is 6.07 Å². The smallest absolute Gasteiger partial charge is 0.234 e. The van der Waals surface area contributed by atoms with E-state index in [1.165, 1.54) is 6.42 Å². The summed E-state index contributed by atoms with van der Waals surface area (Å²) < 4.78 is 0. The first-order chi connectivity index (χ1) is 6.16. The third-order valence-electron chi connectivity index (χ3n) is 1.77. The van der Waals surface area contributed by atoms with E-state index in [0.29, 0.717) is 6.54 Å². The number of rotatable bonds is 6. The van der Waals surface area contributed by atoms with E-state index in [4.69, 9.17) is 5.26 Å². The van der Waals surface area contributed by atoms with Crippen LogP contribution >= 0.6 is 0 Å². The Hall–Kier alpha value is -1.04. The number of nitriles is 1. The highest BCUT2D eigenvalue weighted by Crippen LogP contribution is 2.04. The van der Waals surface area contributed by atoms with Gasteiger partial charge in [0.25, 0.3) is 0 Å². The third kappa shape index (κ3) is 8.87. The average molecular weight is 182 g/mol. The predicted molar refractivity (Wildman–Crippen MR) is 51.9 cm³/mol. The Morgan fingerprint density at radius 3 is 2.69 bits per heavy atom. The zero-order chi connectivity index (χ0) is 10.1. The molecular formula is C10H18N2O. The van der Waals surface area contributed by atoms with E-state index in [2.05, 4.69) is 19.2 Å². The molecule has 0 aromatic rings. The minimum Gasteiger partial charge on any atom is -0.355 e. The number of carbonyl (C=O) groups is 1. The zero-order valence-corrected chi connectivity index (χ0v) is 8.47. The van der Waals surface area contributed by atoms with Gasteiger partial charge in [0, 0.05) is 6.54 Å². The van der Waals surface area contributed by atoms with Crippen molar-refractivity contribution in [3.63, 3.8) is 0 Å². The van der Waals surface area contributed by atoms with Gasteiger partial charge in [-0.1, -0.05) is 26.7 Å². The van der Waals surface area contributed by atoms with E-state index in [9.17, 15) is 4.79 Å². The SMILES string of the molecule is CC(C)CCCCNC(=O)CC#N. The summed E-state index contributed by atoms with van der Waals surface area (Å²) in [5, 5.41) is 10.9. The van der Waals surface area contributed by atoms with Gasteiger partial charge in [0.2, 0.25) is 5.91 Å². The molecule has 0 radical (unpaired) electrons. The molecule has 0 heterocycles. The van der Waals surface area contributed by atoms with Gasteiger partial charge < -0.3 is 5.32 Å². The Labute approximate surface area is 80.1 Å². The summed E-state index contributed by atoms with van der Waals surface area (Å²) in [6.07, 6.45) is 3.33. The molecule has 0 saturated heterocycles. The predicted octanol–water partition coefficient (Wildman–Crippen LogP) is 1.84. The second-order valence-corrected chi connectivity index (χ2v) is 3.57. The summed E-state index contributed by atoms with van der Waals surface area (Å²) in [5.74, 6) is 0.571. The number of nitrogens with zero attached hydrogens (tertiary/aromatic N) is 1. The maximum Gasteiger partial charge on any atom is 0.234 e. The molecule has 3 heteroatoms. The van der Waals surface area contributed by atoms with Gasteiger partial charge in [-0.05, 0) is 12.3 Å². The number of hydrogen-bond acceptors (Lipinski definition) is 2. The Bertz CT molecular complexity index is 182. The van der Waals surface area contributed by atoms with Crippen LogP contribution in [-0.2, 0) is 4.79 Å². The van der Waals surface area contributed by atoms with Crippen LogP contribution in [-0.4, -0.2) is 12.5 Å². The molecule has 0 unspecified atom stereocenters. The summed E-state index contributed by atoms with van der Waals surface area (Å²) in [6.45, 7) is 5.08. The molecule has 0 atom stereocenters. The Morgan fingerprint density at radius 2 is 2.15 bits per heavy atom. The second-order valence-electron chi connectivity index (χ2n) is 3.57. The maximum atomic E-state index is 10.8. The Morgan fingerprint density at radius 1 is 1.46 bits per heavy atom. The lowest BCUT2D eigenvalue weighted by molar-refractivity contribution is -0.120. The van der Waals surface area contributed by atoms with Crippen molar-refractivity contribution in [2.24, 2.45) is 5.92 Å². The van der Waals surface area contributed by atoms with Crippen LogP contribution in [0, 0.1) is 17.2 Å². The van der Waals surface area contributed by atoms with Gasteiger partial charge in [-0.3, -0.25) is 4.79 Å². The summed E-state index contributed by atoms with van der Waals surface area (Å²) >= 11 is 0. The van der Waals surface area contributed by atoms with Crippen LogP contribution in [0.4, 0.5) is 0 Å². The van der Waals surface area contributed by atoms with Crippen LogP contribution in [0.1, 0.15) is 39.5 Å². The zero-order valence-electron chi connectivity index (χ0n) is 8.47. The molecule has 0 spiro atoms. The molecule has 0 rings (SSSR count). The van der Waals surface area contributed by atoms with Crippen molar-refractivity contribution in [1.29, 1.82) is 5.26 Å². The van der Waals surface area contributed by atoms with Gasteiger partial charge in [-0.25, -0.2) is 0 Å². The second kappa shape index (κ2) is 7.60. The molecule has 0 aromatic carbocycles. The number of hydrogen-bond donors (Lipinski definition) is 1. The van der Waals surface area contributed by atoms with Crippen molar-refractivity contribution in [2.45, 2.75) is 39.5 Å². The lowest BCUT2D eigenvalue weighted by Gasteiger charge is -2.04. The lowest BCUT2D eigenvalue weighted by atomic mass is 10.1. The molecule has 0 aliphatic heterocycles. The fourth-order valence-corrected chi connectivity index (χ4v) is 1.04. The number of amides is 1. The summed E-state index contributed by atoms with van der Waals surface area (Å²) in [6, 6.07) is 1.81. The van der Waals surface area contributed by atoms with Gasteiger partial charge in [0.05, 0.1) is 6.07 Å². The van der Waals surface area contributed by atoms with Crippen molar-refractivity contribution < 1.29 is 4.79 Å². The molecular weight excluding hydrogens is 164 g/mol. The summed E-state index contributed by atoms with van der Waals surface area (Å²) in [7, 11) is 0. The lowest BCUT2D eigenvalue weighted by Crippen LogP contribution is -2.23. The minimum absolute atomic E-state index is 0.0236. The molecule has 3 nitrogen and oxygen atoms in total. The quantitative estimate of drug-likeness (QED) is 0.637. The monoisotopic (exact) mass is 182 g/mol. The van der Waals surface area contributed by atoms with Gasteiger partial charge in [-0.2, -0.15) is 5.26 Å². The highest BCUT2D eigenvalue weighted by molar-refractivity contribution is 5.77. The van der Waals surface area contributed by atoms with E-state index >= 15 is 0 Å². The van der Waals surface area contributed by atoms with Crippen molar-refractivity contribution in [3.05, 3.63) is 0 Å². The molecule has 0 aliphatic rings. The first kappa shape index (κ1) is 12.0. The molecule has 1 amide bonds. The normalized spacial score (nSPS) is 9.69. The molecule has 13 heavy (non-hydrogen) atoms. The molecule has 0 aromatic heterocycles. The number of carbonyl (C=O) groups excluding carboxylic acids is 1. The van der Waals surface area contributed by atoms with Crippen LogP contribution in [0.3, 0.4) is 0 Å². The standard InChI is InChI=1S/C10H18N2O/c1-9(2)5-3-4-8-12-10(13)6-7-11/h9H,3-6,8H2,1-2H3,(H,12,13). The van der Waals surface area contributed by atoms with E-state index in [-0.39, 0.29) is 12.3 Å². The molecule has 0 fully saturated rings. The number of unbranched alkanes of at least 4 members (excludes halogenated alkanes) is 1. The van der Waals surface area contributed by atoms with Crippen LogP contribution in [0.15, 0.2) is 0 Å². The van der Waals surface area contributed by atoms with E-state index in [0.717, 1.165) is 18.8 Å². The summed E-state index contributed by atoms with van der Waals surface area (Å²) in [5.41, 5.74) is 0. The van der Waals surface area contributed by atoms with E-state index < -0.39 is 0 Å². The molecule has 0 saturated carbocycles. The summed E-state index contributed by atoms with van der Waals surface area (Å²) in [4.78, 5) is 10.8. The Kier molecular flexibility index (Phi) is 6.99. The average Bonchev–Trinajstić information content (AvgIpc) is 2.03. The molecule has 1 N–H and O–H groups in total. The van der Waals surface area contributed by atoms with E-state index in [1.807, 2.05) is 6.07 Å². The Balaban J connectivity index is 3.17. The van der Waals surface area contributed by atoms with Crippen molar-refractivity contribution in [1.82, 2.24) is 5.32 Å². The maximum absolute atomic E-state index is 10.8. The largest absolute Gasteiger partial charge is 0.355 e. The highest BCUT2D eigenvalue weighted by atomic mass is 16.1. The van der Waals surface area contributed by atoms with Crippen LogP contribution < -0.4 is 5.32 Å². The molecule has 0 bridgehead atoms.